The number of hydrogen-bond acceptors (Lipinski definition) is 4. The van der Waals surface area contributed by atoms with Crippen molar-refractivity contribution in [3.05, 3.63) is 11.6 Å². The number of hydrogen-bond donors (Lipinski definition) is 0. The third-order valence-corrected chi connectivity index (χ3v) is 11.7. The van der Waals surface area contributed by atoms with E-state index in [9.17, 15) is 4.79 Å². The Morgan fingerprint density at radius 2 is 1.91 bits per heavy atom. The molecule has 0 bridgehead atoms. The first-order valence-corrected chi connectivity index (χ1v) is 13.8. The van der Waals surface area contributed by atoms with Crippen LogP contribution in [0.5, 0.6) is 0 Å². The average Bonchev–Trinajstić information content (AvgIpc) is 3.21. The first kappa shape index (κ1) is 22.6. The molecule has 5 fully saturated rings. The van der Waals surface area contributed by atoms with E-state index in [-0.39, 0.29) is 23.3 Å². The third kappa shape index (κ3) is 3.18. The number of rotatable bonds is 1. The number of fused-ring (bicyclic) bond motifs is 7. The Hall–Kier alpha value is -0.870. The average molecular weight is 457 g/mol. The fourth-order valence-electron chi connectivity index (χ4n) is 9.98. The molecule has 1 spiro atoms. The summed E-state index contributed by atoms with van der Waals surface area (Å²) in [6.07, 6.45) is 13.6. The first-order valence-electron chi connectivity index (χ1n) is 13.8. The standard InChI is InChI=1S/C29H44O4/c1-17-8-13-29(31-16-17)18(2)26-25(33-29)15-24-22-7-6-20-14-21(32-19(3)30)9-11-27(20,4)23(22)10-12-28(24,26)5/h6,17-18,21-26H,7-16H2,1-5H3/t17-,18+,21+,22-,23?,24?,25+,26?,27+,28+,29-/m1/s1. The molecular formula is C29H44O4. The Balaban J connectivity index is 1.24. The molecule has 3 saturated carbocycles. The molecule has 2 saturated heterocycles. The van der Waals surface area contributed by atoms with Gasteiger partial charge in [-0.1, -0.05) is 39.3 Å². The van der Waals surface area contributed by atoms with E-state index in [0.29, 0.717) is 29.3 Å². The molecule has 0 N–H and O–H groups in total. The van der Waals surface area contributed by atoms with Crippen LogP contribution in [-0.2, 0) is 19.0 Å². The lowest BCUT2D eigenvalue weighted by atomic mass is 9.47. The van der Waals surface area contributed by atoms with Crippen molar-refractivity contribution in [1.29, 1.82) is 0 Å². The van der Waals surface area contributed by atoms with Crippen LogP contribution in [0.3, 0.4) is 0 Å². The number of carbonyl (C=O) groups is 1. The second-order valence-electron chi connectivity index (χ2n) is 13.3. The molecule has 184 valence electrons. The largest absolute Gasteiger partial charge is 0.462 e. The van der Waals surface area contributed by atoms with Crippen LogP contribution in [-0.4, -0.2) is 30.6 Å². The fourth-order valence-corrected chi connectivity index (χ4v) is 9.98. The van der Waals surface area contributed by atoms with E-state index in [1.165, 1.54) is 32.1 Å². The summed E-state index contributed by atoms with van der Waals surface area (Å²) in [5.41, 5.74) is 2.24. The third-order valence-electron chi connectivity index (χ3n) is 11.7. The molecule has 0 amide bonds. The van der Waals surface area contributed by atoms with E-state index in [0.717, 1.165) is 50.0 Å². The van der Waals surface area contributed by atoms with Gasteiger partial charge in [0.05, 0.1) is 12.7 Å². The van der Waals surface area contributed by atoms with Crippen LogP contribution in [0.15, 0.2) is 11.6 Å². The van der Waals surface area contributed by atoms with Crippen LogP contribution in [0.4, 0.5) is 0 Å². The Bertz CT molecular complexity index is 841. The van der Waals surface area contributed by atoms with Gasteiger partial charge in [0, 0.05) is 25.7 Å². The highest BCUT2D eigenvalue weighted by Crippen LogP contribution is 2.70. The smallest absolute Gasteiger partial charge is 0.302 e. The van der Waals surface area contributed by atoms with Crippen molar-refractivity contribution in [2.24, 2.45) is 46.3 Å². The summed E-state index contributed by atoms with van der Waals surface area (Å²) in [5.74, 6) is 3.64. The number of ether oxygens (including phenoxy) is 3. The molecule has 0 aromatic heterocycles. The summed E-state index contributed by atoms with van der Waals surface area (Å²) in [6, 6.07) is 0. The maximum absolute atomic E-state index is 11.5. The van der Waals surface area contributed by atoms with E-state index >= 15 is 0 Å². The van der Waals surface area contributed by atoms with Gasteiger partial charge in [0.1, 0.15) is 6.10 Å². The van der Waals surface area contributed by atoms with Crippen molar-refractivity contribution in [3.63, 3.8) is 0 Å². The summed E-state index contributed by atoms with van der Waals surface area (Å²) in [7, 11) is 0. The topological polar surface area (TPSA) is 44.8 Å². The quantitative estimate of drug-likeness (QED) is 0.344. The zero-order valence-corrected chi connectivity index (χ0v) is 21.4. The van der Waals surface area contributed by atoms with Gasteiger partial charge in [-0.15, -0.1) is 0 Å². The van der Waals surface area contributed by atoms with Crippen LogP contribution < -0.4 is 0 Å². The Morgan fingerprint density at radius 1 is 1.09 bits per heavy atom. The van der Waals surface area contributed by atoms with Crippen molar-refractivity contribution in [1.82, 2.24) is 0 Å². The predicted octanol–water partition coefficient (Wildman–Crippen LogP) is 6.28. The molecule has 0 radical (unpaired) electrons. The minimum atomic E-state index is -0.312. The van der Waals surface area contributed by atoms with Crippen molar-refractivity contribution in [3.8, 4) is 0 Å². The second-order valence-corrected chi connectivity index (χ2v) is 13.3. The van der Waals surface area contributed by atoms with Gasteiger partial charge in [-0.2, -0.15) is 0 Å². The first-order chi connectivity index (χ1) is 15.7. The normalized spacial score (nSPS) is 55.2. The highest BCUT2D eigenvalue weighted by Gasteiger charge is 2.68. The Kier molecular flexibility index (Phi) is 5.18. The van der Waals surface area contributed by atoms with Gasteiger partial charge < -0.3 is 14.2 Å². The molecule has 2 heterocycles. The molecule has 4 nitrogen and oxygen atoms in total. The number of carbonyl (C=O) groups excluding carboxylic acids is 1. The Labute approximate surface area is 200 Å². The van der Waals surface area contributed by atoms with Crippen LogP contribution >= 0.6 is 0 Å². The maximum Gasteiger partial charge on any atom is 0.302 e. The van der Waals surface area contributed by atoms with E-state index < -0.39 is 0 Å². The zero-order valence-electron chi connectivity index (χ0n) is 21.4. The monoisotopic (exact) mass is 456 g/mol. The van der Waals surface area contributed by atoms with Gasteiger partial charge in [0.15, 0.2) is 5.79 Å². The van der Waals surface area contributed by atoms with Gasteiger partial charge >= 0.3 is 5.97 Å². The van der Waals surface area contributed by atoms with Gasteiger partial charge in [-0.05, 0) is 85.4 Å². The fraction of sp³-hybridized carbons (Fsp3) is 0.897. The minimum Gasteiger partial charge on any atom is -0.462 e. The lowest BCUT2D eigenvalue weighted by molar-refractivity contribution is -0.272. The van der Waals surface area contributed by atoms with Crippen molar-refractivity contribution >= 4 is 5.97 Å². The summed E-state index contributed by atoms with van der Waals surface area (Å²) < 4.78 is 19.0. The van der Waals surface area contributed by atoms with E-state index in [1.807, 2.05) is 0 Å². The summed E-state index contributed by atoms with van der Waals surface area (Å²) >= 11 is 0. The van der Waals surface area contributed by atoms with Crippen LogP contribution in [0.1, 0.15) is 92.4 Å². The van der Waals surface area contributed by atoms with Crippen LogP contribution in [0.2, 0.25) is 0 Å². The number of esters is 1. The van der Waals surface area contributed by atoms with Crippen LogP contribution in [0.25, 0.3) is 0 Å². The van der Waals surface area contributed by atoms with Crippen molar-refractivity contribution in [2.75, 3.05) is 6.61 Å². The maximum atomic E-state index is 11.5. The second kappa shape index (κ2) is 7.56. The molecule has 2 aliphatic heterocycles. The van der Waals surface area contributed by atoms with Crippen molar-refractivity contribution < 1.29 is 19.0 Å². The molecule has 6 rings (SSSR count). The van der Waals surface area contributed by atoms with Crippen molar-refractivity contribution in [2.45, 2.75) is 110 Å². The minimum absolute atomic E-state index is 0.0849. The van der Waals surface area contributed by atoms with E-state index in [1.54, 1.807) is 12.5 Å². The lowest BCUT2D eigenvalue weighted by Gasteiger charge is -2.58. The molecule has 0 aromatic rings. The molecule has 6 aliphatic rings. The SMILES string of the molecule is CC(=O)O[C@H]1CC[C@@]2(C)C(=CC[C@H]3C4C[C@@H]5O[C@]6(CC[C@@H](C)CO6)[C@@H](C)C5[C@@]4(C)CCC32)C1. The molecule has 0 aromatic carbocycles. The number of allylic oxidation sites excluding steroid dienone is 1. The Morgan fingerprint density at radius 3 is 2.64 bits per heavy atom. The molecule has 4 heteroatoms. The van der Waals surface area contributed by atoms with Gasteiger partial charge in [-0.25, -0.2) is 0 Å². The molecule has 33 heavy (non-hydrogen) atoms. The van der Waals surface area contributed by atoms with Gasteiger partial charge in [-0.3, -0.25) is 4.79 Å². The molecule has 3 unspecified atom stereocenters. The summed E-state index contributed by atoms with van der Waals surface area (Å²) in [5, 5.41) is 0. The lowest BCUT2D eigenvalue weighted by Crippen LogP contribution is -2.52. The van der Waals surface area contributed by atoms with Gasteiger partial charge in [0.2, 0.25) is 0 Å². The highest BCUT2D eigenvalue weighted by atomic mass is 16.7. The summed E-state index contributed by atoms with van der Waals surface area (Å²) in [6.45, 7) is 12.3. The molecule has 11 atom stereocenters. The van der Waals surface area contributed by atoms with E-state index in [2.05, 4.69) is 33.8 Å². The molecule has 4 aliphatic carbocycles. The summed E-state index contributed by atoms with van der Waals surface area (Å²) in [4.78, 5) is 11.5. The van der Waals surface area contributed by atoms with E-state index in [4.69, 9.17) is 14.2 Å². The van der Waals surface area contributed by atoms with Gasteiger partial charge in [0.25, 0.3) is 0 Å². The zero-order chi connectivity index (χ0) is 23.2. The van der Waals surface area contributed by atoms with Crippen LogP contribution in [0, 0.1) is 46.3 Å². The predicted molar refractivity (Wildman–Crippen MR) is 127 cm³/mol. The molecular weight excluding hydrogens is 412 g/mol. The highest BCUT2D eigenvalue weighted by molar-refractivity contribution is 5.66.